The third-order valence-electron chi connectivity index (χ3n) is 6.41. The minimum absolute atomic E-state index is 0.148. The van der Waals surface area contributed by atoms with Crippen molar-refractivity contribution in [2.45, 2.75) is 46.3 Å². The third kappa shape index (κ3) is 7.39. The highest BCUT2D eigenvalue weighted by molar-refractivity contribution is 5.97. The Morgan fingerprint density at radius 2 is 2.03 bits per heavy atom. The molecule has 1 aliphatic rings. The number of nitrogens with one attached hydrogen (secondary N) is 1. The minimum Gasteiger partial charge on any atom is -0.497 e. The van der Waals surface area contributed by atoms with Crippen LogP contribution in [0.25, 0.3) is 0 Å². The van der Waals surface area contributed by atoms with Gasteiger partial charge in [0.1, 0.15) is 17.4 Å². The van der Waals surface area contributed by atoms with Gasteiger partial charge >= 0.3 is 6.03 Å². The molecule has 9 heteroatoms. The number of aromatic nitrogens is 1. The fourth-order valence-corrected chi connectivity index (χ4v) is 3.99. The average Bonchev–Trinajstić information content (AvgIpc) is 2.90. The number of benzene rings is 1. The second-order valence-electron chi connectivity index (χ2n) is 10.1. The number of rotatable bonds is 7. The molecule has 9 nitrogen and oxygen atoms in total. The summed E-state index contributed by atoms with van der Waals surface area (Å²) in [7, 11) is 3.27. The molecule has 38 heavy (non-hydrogen) atoms. The maximum Gasteiger partial charge on any atom is 0.321 e. The van der Waals surface area contributed by atoms with Crippen LogP contribution in [0.3, 0.4) is 0 Å². The number of amides is 3. The van der Waals surface area contributed by atoms with Gasteiger partial charge in [-0.15, -0.1) is 0 Å². The van der Waals surface area contributed by atoms with Gasteiger partial charge in [-0.05, 0) is 43.2 Å². The molecule has 0 saturated carbocycles. The molecule has 1 aromatic carbocycles. The number of pyridine rings is 1. The lowest BCUT2D eigenvalue weighted by Gasteiger charge is -2.37. The average molecular weight is 523 g/mol. The predicted molar refractivity (Wildman–Crippen MR) is 146 cm³/mol. The van der Waals surface area contributed by atoms with Crippen molar-refractivity contribution in [2.24, 2.45) is 11.8 Å². The molecule has 0 unspecified atom stereocenters. The number of methoxy groups -OCH3 is 1. The first-order valence-electron chi connectivity index (χ1n) is 12.9. The van der Waals surface area contributed by atoms with Crippen molar-refractivity contribution in [3.8, 4) is 23.5 Å². The van der Waals surface area contributed by atoms with E-state index in [9.17, 15) is 14.7 Å². The number of aliphatic hydroxyl groups is 1. The molecule has 1 aromatic heterocycles. The molecule has 3 atom stereocenters. The molecule has 204 valence electrons. The normalized spacial score (nSPS) is 17.8. The molecular weight excluding hydrogens is 484 g/mol. The monoisotopic (exact) mass is 522 g/mol. The molecule has 0 radical (unpaired) electrons. The molecule has 0 spiro atoms. The van der Waals surface area contributed by atoms with Crippen LogP contribution in [0.2, 0.25) is 0 Å². The van der Waals surface area contributed by atoms with Crippen LogP contribution in [0.5, 0.6) is 11.6 Å². The second kappa shape index (κ2) is 13.2. The van der Waals surface area contributed by atoms with Crippen molar-refractivity contribution >= 4 is 17.6 Å². The first-order valence-corrected chi connectivity index (χ1v) is 12.9. The number of fused-ring (bicyclic) bond motifs is 1. The van der Waals surface area contributed by atoms with Crippen molar-refractivity contribution < 1.29 is 24.2 Å². The summed E-state index contributed by atoms with van der Waals surface area (Å²) < 4.78 is 11.4. The second-order valence-corrected chi connectivity index (χ2v) is 10.1. The van der Waals surface area contributed by atoms with E-state index in [2.05, 4.69) is 36.0 Å². The smallest absolute Gasteiger partial charge is 0.321 e. The highest BCUT2D eigenvalue weighted by Crippen LogP contribution is 2.27. The van der Waals surface area contributed by atoms with Crippen LogP contribution in [-0.2, 0) is 0 Å². The number of nitrogens with zero attached hydrogens (tertiary/aromatic N) is 3. The van der Waals surface area contributed by atoms with Crippen LogP contribution >= 0.6 is 0 Å². The number of carbonyl (C=O) groups excluding carboxylic acids is 2. The number of likely N-dealkylation sites (N-methyl/N-ethyl adjacent to an activating group) is 1. The van der Waals surface area contributed by atoms with Gasteiger partial charge in [0.15, 0.2) is 0 Å². The molecule has 0 bridgehead atoms. The van der Waals surface area contributed by atoms with Crippen molar-refractivity contribution in [2.75, 3.05) is 39.2 Å². The molecule has 0 fully saturated rings. The topological polar surface area (TPSA) is 104 Å². The summed E-state index contributed by atoms with van der Waals surface area (Å²) in [6, 6.07) is 8.07. The number of hydrogen-bond donors (Lipinski definition) is 2. The van der Waals surface area contributed by atoms with Gasteiger partial charge in [-0.2, -0.15) is 0 Å². The molecule has 3 rings (SSSR count). The van der Waals surface area contributed by atoms with Gasteiger partial charge in [0.25, 0.3) is 5.91 Å². The molecule has 3 amide bonds. The van der Waals surface area contributed by atoms with Crippen LogP contribution in [-0.4, -0.2) is 77.8 Å². The summed E-state index contributed by atoms with van der Waals surface area (Å²) in [5, 5.41) is 12.7. The van der Waals surface area contributed by atoms with Gasteiger partial charge < -0.3 is 29.7 Å². The Morgan fingerprint density at radius 1 is 1.32 bits per heavy atom. The maximum atomic E-state index is 13.5. The van der Waals surface area contributed by atoms with E-state index in [1.807, 2.05) is 6.92 Å². The van der Waals surface area contributed by atoms with Gasteiger partial charge in [0.2, 0.25) is 5.88 Å². The SMILES string of the molecule is COc1ccc(NC(=O)N(C)C[C@H]2Oc3ncc(C#CCC(C)C)cc3C(=O)N([C@@H](C)CO)C[C@@H]2C)cc1. The van der Waals surface area contributed by atoms with Crippen LogP contribution < -0.4 is 14.8 Å². The summed E-state index contributed by atoms with van der Waals surface area (Å²) in [4.78, 5) is 34.1. The van der Waals surface area contributed by atoms with Crippen LogP contribution in [0.4, 0.5) is 10.5 Å². The number of urea groups is 1. The van der Waals surface area contributed by atoms with E-state index in [1.54, 1.807) is 67.4 Å². The third-order valence-corrected chi connectivity index (χ3v) is 6.41. The number of ether oxygens (including phenoxy) is 2. The summed E-state index contributed by atoms with van der Waals surface area (Å²) in [5.41, 5.74) is 1.56. The van der Waals surface area contributed by atoms with E-state index in [0.717, 1.165) is 6.42 Å². The number of anilines is 1. The van der Waals surface area contributed by atoms with E-state index in [-0.39, 0.29) is 36.9 Å². The fourth-order valence-electron chi connectivity index (χ4n) is 3.99. The Kier molecular flexibility index (Phi) is 9.97. The summed E-state index contributed by atoms with van der Waals surface area (Å²) in [6.07, 6.45) is 1.88. The summed E-state index contributed by atoms with van der Waals surface area (Å²) in [6.45, 7) is 8.38. The molecule has 2 N–H and O–H groups in total. The highest BCUT2D eigenvalue weighted by atomic mass is 16.5. The van der Waals surface area contributed by atoms with E-state index in [1.165, 1.54) is 0 Å². The van der Waals surface area contributed by atoms with Gasteiger partial charge in [0.05, 0.1) is 26.3 Å². The number of carbonyl (C=O) groups is 2. The van der Waals surface area contributed by atoms with Gasteiger partial charge in [-0.25, -0.2) is 9.78 Å². The quantitative estimate of drug-likeness (QED) is 0.535. The van der Waals surface area contributed by atoms with Crippen molar-refractivity contribution in [3.05, 3.63) is 47.7 Å². The van der Waals surface area contributed by atoms with E-state index >= 15 is 0 Å². The van der Waals surface area contributed by atoms with Crippen molar-refractivity contribution in [3.63, 3.8) is 0 Å². The fraction of sp³-hybridized carbons (Fsp3) is 0.483. The number of aliphatic hydroxyl groups excluding tert-OH is 1. The molecule has 1 aliphatic heterocycles. The lowest BCUT2D eigenvalue weighted by molar-refractivity contribution is 0.0356. The van der Waals surface area contributed by atoms with Gasteiger partial charge in [-0.3, -0.25) is 4.79 Å². The molecule has 2 heterocycles. The van der Waals surface area contributed by atoms with Crippen molar-refractivity contribution in [1.82, 2.24) is 14.8 Å². The zero-order valence-electron chi connectivity index (χ0n) is 23.0. The first-order chi connectivity index (χ1) is 18.1. The highest BCUT2D eigenvalue weighted by Gasteiger charge is 2.34. The standard InChI is InChI=1S/C29H38N4O5/c1-19(2)8-7-9-22-14-25-27(30-15-22)38-26(20(3)16-33(28(25)35)21(4)18-34)17-32(5)29(36)31-23-10-12-24(37-6)13-11-23/h10-15,19-21,26,34H,8,16-18H2,1-6H3,(H,31,36)/t20-,21-,26+/m0/s1. The Balaban J connectivity index is 1.84. The van der Waals surface area contributed by atoms with Crippen LogP contribution in [0.1, 0.15) is 50.0 Å². The lowest BCUT2D eigenvalue weighted by atomic mass is 10.00. The van der Waals surface area contributed by atoms with Crippen molar-refractivity contribution in [1.29, 1.82) is 0 Å². The van der Waals surface area contributed by atoms with E-state index < -0.39 is 12.1 Å². The molecule has 2 aromatic rings. The molecule has 0 aliphatic carbocycles. The minimum atomic E-state index is -0.452. The Bertz CT molecular complexity index is 1170. The Hall–Kier alpha value is -3.77. The van der Waals surface area contributed by atoms with E-state index in [4.69, 9.17) is 9.47 Å². The summed E-state index contributed by atoms with van der Waals surface area (Å²) in [5.74, 6) is 7.12. The Labute approximate surface area is 225 Å². The maximum absolute atomic E-state index is 13.5. The lowest BCUT2D eigenvalue weighted by Crippen LogP contribution is -2.50. The first kappa shape index (κ1) is 28.8. The van der Waals surface area contributed by atoms with Gasteiger partial charge in [-0.1, -0.05) is 32.6 Å². The van der Waals surface area contributed by atoms with Gasteiger partial charge in [0, 0.05) is 43.4 Å². The molecule has 0 saturated heterocycles. The number of hydrogen-bond acceptors (Lipinski definition) is 6. The molecular formula is C29H38N4O5. The zero-order valence-corrected chi connectivity index (χ0v) is 23.0. The predicted octanol–water partition coefficient (Wildman–Crippen LogP) is 3.87. The zero-order chi connectivity index (χ0) is 27.8. The van der Waals surface area contributed by atoms with E-state index in [0.29, 0.717) is 35.0 Å². The Morgan fingerprint density at radius 3 is 2.66 bits per heavy atom. The largest absolute Gasteiger partial charge is 0.497 e. The van der Waals surface area contributed by atoms with Crippen LogP contribution in [0.15, 0.2) is 36.5 Å². The summed E-state index contributed by atoms with van der Waals surface area (Å²) >= 11 is 0. The van der Waals surface area contributed by atoms with Crippen LogP contribution in [0, 0.1) is 23.7 Å².